The van der Waals surface area contributed by atoms with Crippen molar-refractivity contribution >= 4 is 28.9 Å². The van der Waals surface area contributed by atoms with E-state index >= 15 is 0 Å². The first-order valence-corrected chi connectivity index (χ1v) is 13.6. The van der Waals surface area contributed by atoms with E-state index in [9.17, 15) is 9.59 Å². The smallest absolute Gasteiger partial charge is 0.258 e. The van der Waals surface area contributed by atoms with Gasteiger partial charge in [-0.25, -0.2) is 0 Å². The van der Waals surface area contributed by atoms with Crippen LogP contribution in [0.5, 0.6) is 0 Å². The molecule has 3 aromatic rings. The van der Waals surface area contributed by atoms with E-state index in [0.717, 1.165) is 48.6 Å². The number of hydrogen-bond donors (Lipinski definition) is 0. The maximum Gasteiger partial charge on any atom is 0.258 e. The van der Waals surface area contributed by atoms with E-state index in [-0.39, 0.29) is 23.9 Å². The zero-order valence-electron chi connectivity index (χ0n) is 22.6. The molecular formula is C32H39N3O2. The van der Waals surface area contributed by atoms with E-state index in [2.05, 4.69) is 43.9 Å². The maximum absolute atomic E-state index is 13.9. The fourth-order valence-electron chi connectivity index (χ4n) is 5.37. The minimum Gasteiger partial charge on any atom is -0.372 e. The highest BCUT2D eigenvalue weighted by atomic mass is 16.2. The van der Waals surface area contributed by atoms with Gasteiger partial charge in [0.2, 0.25) is 5.91 Å². The Labute approximate surface area is 221 Å². The number of carbonyl (C=O) groups excluding carboxylic acids is 2. The molecule has 5 heteroatoms. The van der Waals surface area contributed by atoms with Gasteiger partial charge in [0.1, 0.15) is 0 Å². The van der Waals surface area contributed by atoms with Crippen LogP contribution in [-0.4, -0.2) is 30.9 Å². The summed E-state index contributed by atoms with van der Waals surface area (Å²) in [5.41, 5.74) is 4.60. The summed E-state index contributed by atoms with van der Waals surface area (Å²) in [4.78, 5) is 33.2. The molecule has 0 aromatic heterocycles. The van der Waals surface area contributed by atoms with Gasteiger partial charge in [0.25, 0.3) is 5.91 Å². The van der Waals surface area contributed by atoms with Crippen LogP contribution in [0.4, 0.5) is 17.1 Å². The number of unbranched alkanes of at least 4 members (excludes halogenated alkanes) is 1. The zero-order valence-corrected chi connectivity index (χ0v) is 22.6. The molecule has 0 saturated heterocycles. The second-order valence-electron chi connectivity index (χ2n) is 9.77. The summed E-state index contributed by atoms with van der Waals surface area (Å²) in [6.45, 7) is 10.3. The minimum atomic E-state index is -0.135. The van der Waals surface area contributed by atoms with Crippen LogP contribution in [-0.2, 0) is 4.79 Å². The van der Waals surface area contributed by atoms with E-state index in [1.54, 1.807) is 0 Å². The number of para-hydroxylation sites is 2. The highest BCUT2D eigenvalue weighted by Gasteiger charge is 2.38. The monoisotopic (exact) mass is 497 g/mol. The largest absolute Gasteiger partial charge is 0.372 e. The zero-order chi connectivity index (χ0) is 26.4. The van der Waals surface area contributed by atoms with Crippen molar-refractivity contribution < 1.29 is 9.59 Å². The average molecular weight is 498 g/mol. The first-order chi connectivity index (χ1) is 18.0. The fraction of sp³-hybridized carbons (Fsp3) is 0.375. The molecule has 0 bridgehead atoms. The van der Waals surface area contributed by atoms with E-state index in [1.165, 1.54) is 0 Å². The first kappa shape index (κ1) is 26.5. The lowest BCUT2D eigenvalue weighted by Gasteiger charge is -2.43. The number of anilines is 3. The normalized spacial score (nSPS) is 16.7. The van der Waals surface area contributed by atoms with Crippen LogP contribution in [0.1, 0.15) is 75.3 Å². The molecule has 5 nitrogen and oxygen atoms in total. The lowest BCUT2D eigenvalue weighted by Crippen LogP contribution is -2.47. The van der Waals surface area contributed by atoms with Crippen molar-refractivity contribution in [1.82, 2.24) is 0 Å². The Kier molecular flexibility index (Phi) is 8.65. The summed E-state index contributed by atoms with van der Waals surface area (Å²) in [5.74, 6) is 0.0757. The van der Waals surface area contributed by atoms with E-state index in [1.807, 2.05) is 77.4 Å². The van der Waals surface area contributed by atoms with Crippen LogP contribution in [0.2, 0.25) is 0 Å². The summed E-state index contributed by atoms with van der Waals surface area (Å²) < 4.78 is 0. The molecule has 1 aliphatic rings. The molecule has 37 heavy (non-hydrogen) atoms. The first-order valence-electron chi connectivity index (χ1n) is 13.6. The van der Waals surface area contributed by atoms with Gasteiger partial charge in [-0.1, -0.05) is 56.7 Å². The molecule has 2 atom stereocenters. The van der Waals surface area contributed by atoms with Gasteiger partial charge in [-0.3, -0.25) is 9.59 Å². The Balaban J connectivity index is 1.66. The molecule has 3 aromatic carbocycles. The molecule has 0 fully saturated rings. The molecule has 1 aliphatic heterocycles. The number of benzene rings is 3. The number of rotatable bonds is 9. The molecular weight excluding hydrogens is 458 g/mol. The van der Waals surface area contributed by atoms with Gasteiger partial charge in [0.15, 0.2) is 0 Å². The van der Waals surface area contributed by atoms with Crippen LogP contribution in [0.15, 0.2) is 78.9 Å². The number of nitrogens with zero attached hydrogens (tertiary/aromatic N) is 3. The van der Waals surface area contributed by atoms with Crippen LogP contribution in [0.25, 0.3) is 0 Å². The van der Waals surface area contributed by atoms with Crippen molar-refractivity contribution in [2.75, 3.05) is 27.8 Å². The van der Waals surface area contributed by atoms with Gasteiger partial charge in [0.05, 0.1) is 6.04 Å². The van der Waals surface area contributed by atoms with Gasteiger partial charge >= 0.3 is 0 Å². The third-order valence-corrected chi connectivity index (χ3v) is 7.34. The quantitative estimate of drug-likeness (QED) is 0.313. The topological polar surface area (TPSA) is 43.9 Å². The van der Waals surface area contributed by atoms with Gasteiger partial charge in [-0.05, 0) is 74.7 Å². The molecule has 0 N–H and O–H groups in total. The number of hydrogen-bond acceptors (Lipinski definition) is 3. The lowest BCUT2D eigenvalue weighted by molar-refractivity contribution is -0.118. The highest BCUT2D eigenvalue weighted by Crippen LogP contribution is 2.43. The summed E-state index contributed by atoms with van der Waals surface area (Å²) in [5, 5.41) is 0. The van der Waals surface area contributed by atoms with Gasteiger partial charge in [-0.2, -0.15) is 0 Å². The fourth-order valence-corrected chi connectivity index (χ4v) is 5.37. The third kappa shape index (κ3) is 5.56. The summed E-state index contributed by atoms with van der Waals surface area (Å²) in [6.07, 6.45) is 3.40. The molecule has 0 spiro atoms. The summed E-state index contributed by atoms with van der Waals surface area (Å²) in [6, 6.07) is 25.7. The van der Waals surface area contributed by atoms with Crippen molar-refractivity contribution in [1.29, 1.82) is 0 Å². The maximum atomic E-state index is 13.9. The van der Waals surface area contributed by atoms with E-state index in [0.29, 0.717) is 18.4 Å². The Bertz CT molecular complexity index is 1190. The molecule has 2 amide bonds. The Morgan fingerprint density at radius 2 is 1.54 bits per heavy atom. The molecule has 194 valence electrons. The van der Waals surface area contributed by atoms with Crippen molar-refractivity contribution in [3.8, 4) is 0 Å². The Morgan fingerprint density at radius 1 is 0.865 bits per heavy atom. The van der Waals surface area contributed by atoms with Crippen LogP contribution >= 0.6 is 0 Å². The predicted octanol–water partition coefficient (Wildman–Crippen LogP) is 7.24. The standard InChI is InChI=1S/C32H39N3O2/c1-5-8-22-33(7-3)26-20-18-25(19-21-26)32(37)34-24(4)23-30(28-16-12-13-17-29(28)34)35(31(36)6-2)27-14-10-9-11-15-27/h9-21,24,30H,5-8,22-23H2,1-4H3. The van der Waals surface area contributed by atoms with Crippen molar-refractivity contribution in [3.63, 3.8) is 0 Å². The molecule has 0 saturated carbocycles. The number of amides is 2. The van der Waals surface area contributed by atoms with Crippen LogP contribution < -0.4 is 14.7 Å². The van der Waals surface area contributed by atoms with E-state index in [4.69, 9.17) is 0 Å². The Hall–Kier alpha value is -3.60. The summed E-state index contributed by atoms with van der Waals surface area (Å²) in [7, 11) is 0. The SMILES string of the molecule is CCCCN(CC)c1ccc(C(=O)N2c3ccccc3C(N(C(=O)CC)c3ccccc3)CC2C)cc1. The number of fused-ring (bicyclic) bond motifs is 1. The average Bonchev–Trinajstić information content (AvgIpc) is 2.94. The molecule has 0 radical (unpaired) electrons. The minimum absolute atomic E-state index is 0.00497. The van der Waals surface area contributed by atoms with Gasteiger partial charge < -0.3 is 14.7 Å². The second kappa shape index (κ2) is 12.1. The molecule has 2 unspecified atom stereocenters. The predicted molar refractivity (Wildman–Crippen MR) is 154 cm³/mol. The van der Waals surface area contributed by atoms with Crippen molar-refractivity contribution in [3.05, 3.63) is 90.0 Å². The van der Waals surface area contributed by atoms with Crippen LogP contribution in [0.3, 0.4) is 0 Å². The molecule has 0 aliphatic carbocycles. The van der Waals surface area contributed by atoms with Gasteiger partial charge in [0, 0.05) is 48.2 Å². The Morgan fingerprint density at radius 3 is 2.19 bits per heavy atom. The van der Waals surface area contributed by atoms with Crippen molar-refractivity contribution in [2.24, 2.45) is 0 Å². The number of carbonyl (C=O) groups is 2. The lowest BCUT2D eigenvalue weighted by atomic mass is 9.89. The summed E-state index contributed by atoms with van der Waals surface area (Å²) >= 11 is 0. The van der Waals surface area contributed by atoms with Crippen LogP contribution in [0, 0.1) is 0 Å². The second-order valence-corrected chi connectivity index (χ2v) is 9.77. The van der Waals surface area contributed by atoms with Gasteiger partial charge in [-0.15, -0.1) is 0 Å². The van der Waals surface area contributed by atoms with E-state index < -0.39 is 0 Å². The highest BCUT2D eigenvalue weighted by molar-refractivity contribution is 6.07. The molecule has 1 heterocycles. The third-order valence-electron chi connectivity index (χ3n) is 7.34. The molecule has 4 rings (SSSR count). The van der Waals surface area contributed by atoms with Crippen molar-refractivity contribution in [2.45, 2.75) is 65.5 Å².